The van der Waals surface area contributed by atoms with Gasteiger partial charge in [0.2, 0.25) is 0 Å². The van der Waals surface area contributed by atoms with E-state index in [0.29, 0.717) is 22.4 Å². The molecule has 0 fully saturated rings. The molecular formula is C15H16N2O4. The van der Waals surface area contributed by atoms with E-state index in [1.165, 1.54) is 12.1 Å². The molecule has 0 amide bonds. The summed E-state index contributed by atoms with van der Waals surface area (Å²) >= 11 is 0. The number of carbonyl (C=O) groups is 1. The Hall–Kier alpha value is -2.63. The van der Waals surface area contributed by atoms with E-state index in [9.17, 15) is 14.9 Å². The molecule has 6 heteroatoms. The number of esters is 1. The van der Waals surface area contributed by atoms with Crippen LogP contribution in [0.5, 0.6) is 0 Å². The van der Waals surface area contributed by atoms with E-state index in [4.69, 9.17) is 4.74 Å². The van der Waals surface area contributed by atoms with E-state index in [-0.39, 0.29) is 12.3 Å². The van der Waals surface area contributed by atoms with Crippen LogP contribution >= 0.6 is 0 Å². The topological polar surface area (TPSA) is 85.2 Å². The molecule has 0 spiro atoms. The van der Waals surface area contributed by atoms with E-state index in [1.54, 1.807) is 26.0 Å². The van der Waals surface area contributed by atoms with Crippen LogP contribution in [0.2, 0.25) is 0 Å². The minimum atomic E-state index is -0.456. The van der Waals surface area contributed by atoms with Crippen molar-refractivity contribution in [3.63, 3.8) is 0 Å². The number of nitrogens with zero attached hydrogens (tertiary/aromatic N) is 1. The number of carbonyl (C=O) groups excluding carboxylic acids is 1. The molecule has 2 rings (SSSR count). The predicted molar refractivity (Wildman–Crippen MR) is 78.3 cm³/mol. The highest BCUT2D eigenvalue weighted by Crippen LogP contribution is 2.32. The molecule has 21 heavy (non-hydrogen) atoms. The summed E-state index contributed by atoms with van der Waals surface area (Å²) < 4.78 is 5.07. The van der Waals surface area contributed by atoms with Crippen molar-refractivity contribution in [1.82, 2.24) is 4.98 Å². The van der Waals surface area contributed by atoms with Gasteiger partial charge in [0.15, 0.2) is 0 Å². The molecule has 2 aromatic rings. The van der Waals surface area contributed by atoms with Crippen LogP contribution in [-0.4, -0.2) is 22.5 Å². The van der Waals surface area contributed by atoms with Gasteiger partial charge in [-0.05, 0) is 26.3 Å². The second-order valence-electron chi connectivity index (χ2n) is 4.65. The van der Waals surface area contributed by atoms with Crippen LogP contribution in [0.4, 0.5) is 5.69 Å². The lowest BCUT2D eigenvalue weighted by atomic mass is 10.00. The van der Waals surface area contributed by atoms with Crippen molar-refractivity contribution < 1.29 is 14.5 Å². The molecule has 0 saturated heterocycles. The number of aromatic nitrogens is 1. The number of non-ortho nitro benzene ring substituents is 1. The Labute approximate surface area is 121 Å². The van der Waals surface area contributed by atoms with Crippen LogP contribution in [-0.2, 0) is 4.74 Å². The number of nitro groups is 1. The molecular weight excluding hydrogens is 272 g/mol. The third-order valence-electron chi connectivity index (χ3n) is 3.20. The third kappa shape index (κ3) is 2.79. The lowest BCUT2D eigenvalue weighted by Gasteiger charge is -2.06. The first-order valence-electron chi connectivity index (χ1n) is 6.56. The van der Waals surface area contributed by atoms with Gasteiger partial charge in [0, 0.05) is 29.1 Å². The fourth-order valence-electron chi connectivity index (χ4n) is 2.38. The predicted octanol–water partition coefficient (Wildman–Crippen LogP) is 3.38. The minimum absolute atomic E-state index is 0.0134. The smallest absolute Gasteiger partial charge is 0.340 e. The first-order valence-corrected chi connectivity index (χ1v) is 6.56. The van der Waals surface area contributed by atoms with Gasteiger partial charge in [-0.25, -0.2) is 4.79 Å². The van der Waals surface area contributed by atoms with Gasteiger partial charge < -0.3 is 9.72 Å². The van der Waals surface area contributed by atoms with Crippen molar-refractivity contribution in [3.05, 3.63) is 51.3 Å². The SMILES string of the molecule is CCOC(=O)c1c(C)[nH]c(C)c1-c1cccc([N+](=O)[O-])c1. The van der Waals surface area contributed by atoms with Crippen molar-refractivity contribution in [2.45, 2.75) is 20.8 Å². The molecule has 0 bridgehead atoms. The highest BCUT2D eigenvalue weighted by atomic mass is 16.6. The van der Waals surface area contributed by atoms with E-state index < -0.39 is 10.9 Å². The quantitative estimate of drug-likeness (QED) is 0.531. The second kappa shape index (κ2) is 5.78. The number of H-pyrrole nitrogens is 1. The second-order valence-corrected chi connectivity index (χ2v) is 4.65. The summed E-state index contributed by atoms with van der Waals surface area (Å²) in [6.07, 6.45) is 0. The summed E-state index contributed by atoms with van der Waals surface area (Å²) in [7, 11) is 0. The van der Waals surface area contributed by atoms with Crippen LogP contribution in [0, 0.1) is 24.0 Å². The molecule has 0 aliphatic carbocycles. The van der Waals surface area contributed by atoms with Crippen LogP contribution in [0.25, 0.3) is 11.1 Å². The van der Waals surface area contributed by atoms with Crippen molar-refractivity contribution in [1.29, 1.82) is 0 Å². The molecule has 0 radical (unpaired) electrons. The number of hydrogen-bond acceptors (Lipinski definition) is 4. The molecule has 1 heterocycles. The molecule has 0 unspecified atom stereocenters. The summed E-state index contributed by atoms with van der Waals surface area (Å²) in [6.45, 7) is 5.61. The summed E-state index contributed by atoms with van der Waals surface area (Å²) in [5.41, 5.74) is 3.14. The van der Waals surface area contributed by atoms with Gasteiger partial charge in [-0.15, -0.1) is 0 Å². The lowest BCUT2D eigenvalue weighted by molar-refractivity contribution is -0.384. The van der Waals surface area contributed by atoms with Crippen molar-refractivity contribution in [2.75, 3.05) is 6.61 Å². The van der Waals surface area contributed by atoms with Crippen molar-refractivity contribution in [3.8, 4) is 11.1 Å². The maximum absolute atomic E-state index is 12.1. The molecule has 0 aliphatic heterocycles. The van der Waals surface area contributed by atoms with Gasteiger partial charge >= 0.3 is 5.97 Å². The average molecular weight is 288 g/mol. The van der Waals surface area contributed by atoms with Gasteiger partial charge in [0.1, 0.15) is 0 Å². The van der Waals surface area contributed by atoms with E-state index in [1.807, 2.05) is 6.92 Å². The Morgan fingerprint density at radius 3 is 2.67 bits per heavy atom. The highest BCUT2D eigenvalue weighted by Gasteiger charge is 2.22. The molecule has 0 aliphatic rings. The number of rotatable bonds is 4. The van der Waals surface area contributed by atoms with Gasteiger partial charge in [-0.1, -0.05) is 12.1 Å². The zero-order valence-electron chi connectivity index (χ0n) is 12.1. The van der Waals surface area contributed by atoms with Crippen molar-refractivity contribution >= 4 is 11.7 Å². The molecule has 1 aromatic carbocycles. The Morgan fingerprint density at radius 2 is 2.05 bits per heavy atom. The average Bonchev–Trinajstić information content (AvgIpc) is 2.73. The number of hydrogen-bond donors (Lipinski definition) is 1. The molecule has 0 saturated carbocycles. The first-order chi connectivity index (χ1) is 9.95. The summed E-state index contributed by atoms with van der Waals surface area (Å²) in [6, 6.07) is 6.22. The van der Waals surface area contributed by atoms with Gasteiger partial charge in [0.25, 0.3) is 5.69 Å². The normalized spacial score (nSPS) is 10.4. The monoisotopic (exact) mass is 288 g/mol. The third-order valence-corrected chi connectivity index (χ3v) is 3.20. The zero-order valence-corrected chi connectivity index (χ0v) is 12.1. The summed E-state index contributed by atoms with van der Waals surface area (Å²) in [5.74, 6) is -0.430. The van der Waals surface area contributed by atoms with Crippen LogP contribution < -0.4 is 0 Å². The Morgan fingerprint density at radius 1 is 1.33 bits per heavy atom. The molecule has 110 valence electrons. The molecule has 0 atom stereocenters. The molecule has 1 N–H and O–H groups in total. The van der Waals surface area contributed by atoms with Crippen LogP contribution in [0.1, 0.15) is 28.7 Å². The fraction of sp³-hybridized carbons (Fsp3) is 0.267. The highest BCUT2D eigenvalue weighted by molar-refractivity contribution is 5.99. The van der Waals surface area contributed by atoms with Crippen LogP contribution in [0.3, 0.4) is 0 Å². The molecule has 1 aromatic heterocycles. The molecule has 6 nitrogen and oxygen atoms in total. The van der Waals surface area contributed by atoms with Gasteiger partial charge in [-0.2, -0.15) is 0 Å². The standard InChI is InChI=1S/C15H16N2O4/c1-4-21-15(18)14-10(3)16-9(2)13(14)11-6-5-7-12(8-11)17(19)20/h5-8,16H,4H2,1-3H3. The largest absolute Gasteiger partial charge is 0.462 e. The fourth-order valence-corrected chi connectivity index (χ4v) is 2.38. The number of aryl methyl sites for hydroxylation is 2. The van der Waals surface area contributed by atoms with Gasteiger partial charge in [-0.3, -0.25) is 10.1 Å². The Balaban J connectivity index is 2.61. The minimum Gasteiger partial charge on any atom is -0.462 e. The zero-order chi connectivity index (χ0) is 15.6. The van der Waals surface area contributed by atoms with Crippen molar-refractivity contribution in [2.24, 2.45) is 0 Å². The summed E-state index contributed by atoms with van der Waals surface area (Å²) in [4.78, 5) is 25.7. The van der Waals surface area contributed by atoms with E-state index in [0.717, 1.165) is 5.69 Å². The first kappa shape index (κ1) is 14.8. The van der Waals surface area contributed by atoms with E-state index in [2.05, 4.69) is 4.98 Å². The van der Waals surface area contributed by atoms with E-state index >= 15 is 0 Å². The van der Waals surface area contributed by atoms with Gasteiger partial charge in [0.05, 0.1) is 17.1 Å². The maximum Gasteiger partial charge on any atom is 0.340 e. The summed E-state index contributed by atoms with van der Waals surface area (Å²) in [5, 5.41) is 10.9. The number of benzene rings is 1. The Kier molecular flexibility index (Phi) is 4.07. The lowest BCUT2D eigenvalue weighted by Crippen LogP contribution is -2.06. The Bertz CT molecular complexity index is 704. The number of nitro benzene ring substituents is 1. The maximum atomic E-state index is 12.1. The number of aromatic amines is 1. The number of nitrogens with one attached hydrogen (secondary N) is 1. The van der Waals surface area contributed by atoms with Crippen LogP contribution in [0.15, 0.2) is 24.3 Å². The number of ether oxygens (including phenoxy) is 1.